The largest absolute Gasteiger partial charge is 0.480 e. The van der Waals surface area contributed by atoms with Gasteiger partial charge in [-0.15, -0.1) is 11.8 Å². The highest BCUT2D eigenvalue weighted by atomic mass is 32.2. The van der Waals surface area contributed by atoms with Gasteiger partial charge in [0.15, 0.2) is 0 Å². The Bertz CT molecular complexity index is 302. The third-order valence-corrected chi connectivity index (χ3v) is 3.47. The zero-order chi connectivity index (χ0) is 13.1. The Hall–Kier alpha value is -0.750. The van der Waals surface area contributed by atoms with Crippen LogP contribution in [0.15, 0.2) is 0 Å². The summed E-state index contributed by atoms with van der Waals surface area (Å²) in [7, 11) is 0. The fraction of sp³-hybridized carbons (Fsp3) is 0.818. The van der Waals surface area contributed by atoms with Gasteiger partial charge in [0.1, 0.15) is 6.04 Å². The van der Waals surface area contributed by atoms with Gasteiger partial charge in [0.25, 0.3) is 0 Å². The lowest BCUT2D eigenvalue weighted by atomic mass is 10.1. The van der Waals surface area contributed by atoms with Crippen LogP contribution in [0, 0.1) is 0 Å². The first-order chi connectivity index (χ1) is 7.78. The fourth-order valence-corrected chi connectivity index (χ4v) is 2.82. The first kappa shape index (κ1) is 14.3. The Morgan fingerprint density at radius 1 is 1.47 bits per heavy atom. The van der Waals surface area contributed by atoms with E-state index in [-0.39, 0.29) is 16.8 Å². The first-order valence-electron chi connectivity index (χ1n) is 5.69. The van der Waals surface area contributed by atoms with Crippen molar-refractivity contribution in [3.63, 3.8) is 0 Å². The lowest BCUT2D eigenvalue weighted by Crippen LogP contribution is -2.49. The molecule has 1 amide bonds. The second kappa shape index (κ2) is 5.73. The Kier molecular flexibility index (Phi) is 4.82. The fourth-order valence-electron chi connectivity index (χ4n) is 1.63. The molecule has 0 bridgehead atoms. The number of carboxylic acids is 1. The van der Waals surface area contributed by atoms with Gasteiger partial charge in [-0.25, -0.2) is 0 Å². The van der Waals surface area contributed by atoms with Crippen LogP contribution in [-0.4, -0.2) is 39.7 Å². The van der Waals surface area contributed by atoms with Gasteiger partial charge in [0, 0.05) is 5.54 Å². The monoisotopic (exact) mass is 260 g/mol. The van der Waals surface area contributed by atoms with Crippen LogP contribution < -0.4 is 10.6 Å². The summed E-state index contributed by atoms with van der Waals surface area (Å²) in [6.45, 7) is 5.77. The Morgan fingerprint density at radius 2 is 2.12 bits per heavy atom. The molecule has 0 aliphatic carbocycles. The molecule has 2 unspecified atom stereocenters. The maximum atomic E-state index is 11.7. The van der Waals surface area contributed by atoms with Crippen molar-refractivity contribution in [1.29, 1.82) is 0 Å². The minimum Gasteiger partial charge on any atom is -0.480 e. The molecule has 0 saturated carbocycles. The summed E-state index contributed by atoms with van der Waals surface area (Å²) >= 11 is 1.60. The summed E-state index contributed by atoms with van der Waals surface area (Å²) in [5.41, 5.74) is -0.247. The van der Waals surface area contributed by atoms with Crippen LogP contribution in [0.25, 0.3) is 0 Å². The van der Waals surface area contributed by atoms with Gasteiger partial charge in [-0.05, 0) is 32.9 Å². The van der Waals surface area contributed by atoms with Gasteiger partial charge in [0.2, 0.25) is 5.91 Å². The Morgan fingerprint density at radius 3 is 2.65 bits per heavy atom. The minimum atomic E-state index is -0.841. The molecule has 98 valence electrons. The third-order valence-electron chi connectivity index (χ3n) is 2.30. The van der Waals surface area contributed by atoms with Crippen molar-refractivity contribution in [2.24, 2.45) is 0 Å². The molecule has 6 heteroatoms. The number of carbonyl (C=O) groups excluding carboxylic acids is 1. The molecule has 2 atom stereocenters. The summed E-state index contributed by atoms with van der Waals surface area (Å²) in [5, 5.41) is 14.6. The summed E-state index contributed by atoms with van der Waals surface area (Å²) in [5.74, 6) is -0.114. The number of thioether (sulfide) groups is 1. The molecule has 0 spiro atoms. The van der Waals surface area contributed by atoms with Gasteiger partial charge >= 0.3 is 5.97 Å². The average molecular weight is 260 g/mol. The van der Waals surface area contributed by atoms with Crippen LogP contribution in [0.1, 0.15) is 33.6 Å². The second-order valence-electron chi connectivity index (χ2n) is 5.21. The standard InChI is InChI=1S/C11H20N2O3S/c1-11(2,3)13-8(14)6-9-12-7(10(15)16)4-5-17-9/h7,9,12H,4-6H2,1-3H3,(H,13,14)(H,15,16). The number of hydrogen-bond acceptors (Lipinski definition) is 4. The number of rotatable bonds is 3. The Labute approximate surface area is 106 Å². The predicted molar refractivity (Wildman–Crippen MR) is 67.9 cm³/mol. The highest BCUT2D eigenvalue weighted by Crippen LogP contribution is 2.21. The molecular formula is C11H20N2O3S. The van der Waals surface area contributed by atoms with Crippen molar-refractivity contribution in [1.82, 2.24) is 10.6 Å². The van der Waals surface area contributed by atoms with E-state index in [2.05, 4.69) is 10.6 Å². The smallest absolute Gasteiger partial charge is 0.320 e. The normalized spacial score (nSPS) is 25.4. The van der Waals surface area contributed by atoms with Crippen molar-refractivity contribution in [2.45, 2.75) is 50.6 Å². The van der Waals surface area contributed by atoms with Gasteiger partial charge in [0.05, 0.1) is 11.8 Å². The molecule has 1 fully saturated rings. The summed E-state index contributed by atoms with van der Waals surface area (Å²) in [6, 6.07) is -0.524. The third kappa shape index (κ3) is 5.41. The van der Waals surface area contributed by atoms with E-state index in [1.807, 2.05) is 20.8 Å². The van der Waals surface area contributed by atoms with Crippen molar-refractivity contribution >= 4 is 23.6 Å². The molecule has 17 heavy (non-hydrogen) atoms. The summed E-state index contributed by atoms with van der Waals surface area (Å²) in [6.07, 6.45) is 0.920. The molecule has 1 rings (SSSR count). The lowest BCUT2D eigenvalue weighted by molar-refractivity contribution is -0.140. The number of amides is 1. The van der Waals surface area contributed by atoms with E-state index < -0.39 is 12.0 Å². The van der Waals surface area contributed by atoms with E-state index in [0.29, 0.717) is 12.8 Å². The van der Waals surface area contributed by atoms with Crippen LogP contribution in [0.4, 0.5) is 0 Å². The number of aliphatic carboxylic acids is 1. The van der Waals surface area contributed by atoms with Crippen molar-refractivity contribution in [3.8, 4) is 0 Å². The zero-order valence-electron chi connectivity index (χ0n) is 10.4. The zero-order valence-corrected chi connectivity index (χ0v) is 11.3. The highest BCUT2D eigenvalue weighted by Gasteiger charge is 2.28. The topological polar surface area (TPSA) is 78.4 Å². The van der Waals surface area contributed by atoms with E-state index in [0.717, 1.165) is 5.75 Å². The first-order valence-corrected chi connectivity index (χ1v) is 6.74. The number of carboxylic acid groups (broad SMARTS) is 1. The van der Waals surface area contributed by atoms with Gasteiger partial charge in [-0.1, -0.05) is 0 Å². The molecule has 0 aromatic carbocycles. The van der Waals surface area contributed by atoms with Crippen molar-refractivity contribution < 1.29 is 14.7 Å². The maximum absolute atomic E-state index is 11.7. The molecule has 5 nitrogen and oxygen atoms in total. The molecule has 1 saturated heterocycles. The average Bonchev–Trinajstić information content (AvgIpc) is 2.14. The summed E-state index contributed by atoms with van der Waals surface area (Å²) < 4.78 is 0. The van der Waals surface area contributed by atoms with Crippen LogP contribution >= 0.6 is 11.8 Å². The van der Waals surface area contributed by atoms with Crippen LogP contribution in [0.3, 0.4) is 0 Å². The quantitative estimate of drug-likeness (QED) is 0.699. The van der Waals surface area contributed by atoms with Gasteiger partial charge in [-0.3, -0.25) is 14.9 Å². The molecule has 0 aromatic rings. The van der Waals surface area contributed by atoms with E-state index >= 15 is 0 Å². The maximum Gasteiger partial charge on any atom is 0.320 e. The summed E-state index contributed by atoms with van der Waals surface area (Å²) in [4.78, 5) is 22.5. The van der Waals surface area contributed by atoms with Crippen LogP contribution in [0.5, 0.6) is 0 Å². The second-order valence-corrected chi connectivity index (χ2v) is 6.52. The number of carbonyl (C=O) groups is 2. The SMILES string of the molecule is CC(C)(C)NC(=O)CC1NC(C(=O)O)CCS1. The minimum absolute atomic E-state index is 0.0476. The molecule has 0 radical (unpaired) electrons. The van der Waals surface area contributed by atoms with E-state index in [1.165, 1.54) is 0 Å². The van der Waals surface area contributed by atoms with E-state index in [4.69, 9.17) is 5.11 Å². The van der Waals surface area contributed by atoms with Crippen molar-refractivity contribution in [2.75, 3.05) is 5.75 Å². The molecule has 0 aromatic heterocycles. The van der Waals surface area contributed by atoms with E-state index in [9.17, 15) is 9.59 Å². The van der Waals surface area contributed by atoms with Gasteiger partial charge in [-0.2, -0.15) is 0 Å². The van der Waals surface area contributed by atoms with Crippen LogP contribution in [-0.2, 0) is 9.59 Å². The van der Waals surface area contributed by atoms with E-state index in [1.54, 1.807) is 11.8 Å². The molecule has 1 heterocycles. The van der Waals surface area contributed by atoms with Crippen molar-refractivity contribution in [3.05, 3.63) is 0 Å². The predicted octanol–water partition coefficient (Wildman–Crippen LogP) is 0.797. The molecule has 3 N–H and O–H groups in total. The van der Waals surface area contributed by atoms with Gasteiger partial charge < -0.3 is 10.4 Å². The molecular weight excluding hydrogens is 240 g/mol. The highest BCUT2D eigenvalue weighted by molar-refractivity contribution is 7.99. The molecule has 1 aliphatic rings. The number of hydrogen-bond donors (Lipinski definition) is 3. The molecule has 1 aliphatic heterocycles. The van der Waals surface area contributed by atoms with Crippen LogP contribution in [0.2, 0.25) is 0 Å². The Balaban J connectivity index is 2.41. The number of nitrogens with one attached hydrogen (secondary N) is 2. The lowest BCUT2D eigenvalue weighted by Gasteiger charge is -2.29.